The molecule has 0 aliphatic carbocycles. The lowest BCUT2D eigenvalue weighted by Gasteiger charge is -2.26. The molecule has 1 atom stereocenters. The van der Waals surface area contributed by atoms with Crippen molar-refractivity contribution in [3.05, 3.63) is 66.5 Å². The van der Waals surface area contributed by atoms with Crippen LogP contribution in [0.5, 0.6) is 0 Å². The third-order valence-electron chi connectivity index (χ3n) is 6.10. The van der Waals surface area contributed by atoms with E-state index < -0.39 is 8.07 Å². The predicted molar refractivity (Wildman–Crippen MR) is 143 cm³/mol. The van der Waals surface area contributed by atoms with Gasteiger partial charge in [-0.3, -0.25) is 0 Å². The van der Waals surface area contributed by atoms with Crippen molar-refractivity contribution in [2.45, 2.75) is 71.1 Å². The van der Waals surface area contributed by atoms with Crippen LogP contribution < -0.4 is 0 Å². The molecule has 1 aromatic heterocycles. The standard InChI is InChI=1S/C27H37BrN2OSi/c1-22(32(2,3)4)31-21-30-25(19-13-5-6-14-20-28)29-26(23-15-9-7-10-16-23)27(30)24-17-11-8-12-18-24/h7-12,15-18,22H,5-6,13-14,19-21H2,1-4H3. The quantitative estimate of drug-likeness (QED) is 0.140. The molecule has 0 N–H and O–H groups in total. The highest BCUT2D eigenvalue weighted by Crippen LogP contribution is 2.33. The average molecular weight is 514 g/mol. The van der Waals surface area contributed by atoms with Crippen LogP contribution in [-0.4, -0.2) is 28.7 Å². The highest BCUT2D eigenvalue weighted by Gasteiger charge is 2.25. The number of nitrogens with zero attached hydrogens (tertiary/aromatic N) is 2. The SMILES string of the molecule is CC(OCn1c(CCCCCCBr)nc(-c2ccccc2)c1-c1ccccc1)[Si](C)(C)C. The number of unbranched alkanes of at least 4 members (excludes halogenated alkanes) is 3. The summed E-state index contributed by atoms with van der Waals surface area (Å²) in [4.78, 5) is 5.20. The Morgan fingerprint density at radius 1 is 0.875 bits per heavy atom. The molecule has 0 spiro atoms. The molecule has 172 valence electrons. The molecule has 3 rings (SSSR count). The summed E-state index contributed by atoms with van der Waals surface area (Å²) >= 11 is 3.54. The van der Waals surface area contributed by atoms with Gasteiger partial charge in [-0.25, -0.2) is 4.98 Å². The maximum Gasteiger partial charge on any atom is 0.124 e. The number of ether oxygens (including phenoxy) is 1. The molecular formula is C27H37BrN2OSi. The van der Waals surface area contributed by atoms with E-state index in [-0.39, 0.29) is 5.73 Å². The Balaban J connectivity index is 2.01. The summed E-state index contributed by atoms with van der Waals surface area (Å²) in [5, 5.41) is 1.08. The maximum absolute atomic E-state index is 6.47. The summed E-state index contributed by atoms with van der Waals surface area (Å²) < 4.78 is 8.80. The summed E-state index contributed by atoms with van der Waals surface area (Å²) in [5.74, 6) is 1.13. The molecule has 0 saturated carbocycles. The van der Waals surface area contributed by atoms with Crippen LogP contribution in [0.3, 0.4) is 0 Å². The fourth-order valence-electron chi connectivity index (χ4n) is 3.68. The van der Waals surface area contributed by atoms with Crippen LogP contribution in [0.15, 0.2) is 60.7 Å². The molecule has 0 aliphatic rings. The summed E-state index contributed by atoms with van der Waals surface area (Å²) in [7, 11) is -1.39. The molecular weight excluding hydrogens is 476 g/mol. The molecule has 0 amide bonds. The molecule has 0 bridgehead atoms. The van der Waals surface area contributed by atoms with Crippen molar-refractivity contribution in [3.8, 4) is 22.5 Å². The number of alkyl halides is 1. The van der Waals surface area contributed by atoms with Gasteiger partial charge in [0.1, 0.15) is 12.6 Å². The number of imidazole rings is 1. The smallest absolute Gasteiger partial charge is 0.124 e. The lowest BCUT2D eigenvalue weighted by Crippen LogP contribution is -2.38. The topological polar surface area (TPSA) is 27.1 Å². The molecule has 0 aliphatic heterocycles. The van der Waals surface area contributed by atoms with Crippen LogP contribution in [-0.2, 0) is 17.9 Å². The van der Waals surface area contributed by atoms with Gasteiger partial charge in [0, 0.05) is 28.6 Å². The van der Waals surface area contributed by atoms with Gasteiger partial charge in [-0.15, -0.1) is 0 Å². The summed E-state index contributed by atoms with van der Waals surface area (Å²) in [5.41, 5.74) is 4.84. The molecule has 5 heteroatoms. The highest BCUT2D eigenvalue weighted by atomic mass is 79.9. The molecule has 1 unspecified atom stereocenters. The fraction of sp³-hybridized carbons (Fsp3) is 0.444. The minimum atomic E-state index is -1.39. The Hall–Kier alpha value is -1.69. The third kappa shape index (κ3) is 6.66. The number of aryl methyl sites for hydroxylation is 1. The highest BCUT2D eigenvalue weighted by molar-refractivity contribution is 9.09. The second-order valence-corrected chi connectivity index (χ2v) is 15.9. The first-order valence-electron chi connectivity index (χ1n) is 11.8. The van der Waals surface area contributed by atoms with E-state index in [1.807, 2.05) is 0 Å². The molecule has 0 fully saturated rings. The number of halogens is 1. The predicted octanol–water partition coefficient (Wildman–Crippen LogP) is 7.95. The van der Waals surface area contributed by atoms with E-state index in [0.717, 1.165) is 40.9 Å². The summed E-state index contributed by atoms with van der Waals surface area (Å²) in [6.45, 7) is 9.87. The lowest BCUT2D eigenvalue weighted by molar-refractivity contribution is 0.0557. The molecule has 3 aromatic rings. The summed E-state index contributed by atoms with van der Waals surface area (Å²) in [6, 6.07) is 21.2. The van der Waals surface area contributed by atoms with Crippen LogP contribution in [0, 0.1) is 0 Å². The lowest BCUT2D eigenvalue weighted by atomic mass is 10.0. The number of benzene rings is 2. The summed E-state index contributed by atoms with van der Waals surface area (Å²) in [6.07, 6.45) is 5.84. The Morgan fingerprint density at radius 3 is 2.06 bits per heavy atom. The Labute approximate surface area is 203 Å². The van der Waals surface area contributed by atoms with Gasteiger partial charge in [0.2, 0.25) is 0 Å². The van der Waals surface area contributed by atoms with Crippen molar-refractivity contribution in [2.75, 3.05) is 5.33 Å². The van der Waals surface area contributed by atoms with E-state index >= 15 is 0 Å². The van der Waals surface area contributed by atoms with Crippen LogP contribution in [0.1, 0.15) is 38.4 Å². The van der Waals surface area contributed by atoms with E-state index in [2.05, 4.69) is 108 Å². The van der Waals surface area contributed by atoms with Gasteiger partial charge < -0.3 is 9.30 Å². The Kier molecular flexibility index (Phi) is 9.32. The van der Waals surface area contributed by atoms with Crippen LogP contribution in [0.25, 0.3) is 22.5 Å². The van der Waals surface area contributed by atoms with Gasteiger partial charge in [0.25, 0.3) is 0 Å². The average Bonchev–Trinajstić information content (AvgIpc) is 3.16. The van der Waals surface area contributed by atoms with E-state index in [0.29, 0.717) is 6.73 Å². The van der Waals surface area contributed by atoms with E-state index in [1.54, 1.807) is 0 Å². The molecule has 1 heterocycles. The second kappa shape index (κ2) is 12.0. The van der Waals surface area contributed by atoms with Gasteiger partial charge >= 0.3 is 0 Å². The fourth-order valence-corrected chi connectivity index (χ4v) is 4.65. The number of hydrogen-bond donors (Lipinski definition) is 0. The molecule has 2 aromatic carbocycles. The largest absolute Gasteiger partial charge is 0.361 e. The monoisotopic (exact) mass is 512 g/mol. The van der Waals surface area contributed by atoms with Crippen molar-refractivity contribution in [2.24, 2.45) is 0 Å². The van der Waals surface area contributed by atoms with Crippen LogP contribution in [0.2, 0.25) is 19.6 Å². The van der Waals surface area contributed by atoms with E-state index in [9.17, 15) is 0 Å². The minimum Gasteiger partial charge on any atom is -0.361 e. The number of hydrogen-bond acceptors (Lipinski definition) is 2. The van der Waals surface area contributed by atoms with Crippen molar-refractivity contribution in [3.63, 3.8) is 0 Å². The van der Waals surface area contributed by atoms with Crippen molar-refractivity contribution < 1.29 is 4.74 Å². The van der Waals surface area contributed by atoms with Crippen LogP contribution >= 0.6 is 15.9 Å². The van der Waals surface area contributed by atoms with Gasteiger partial charge in [-0.2, -0.15) is 0 Å². The van der Waals surface area contributed by atoms with Crippen molar-refractivity contribution in [1.29, 1.82) is 0 Å². The first kappa shape index (κ1) is 24.9. The Bertz CT molecular complexity index is 951. The van der Waals surface area contributed by atoms with Gasteiger partial charge in [0.05, 0.1) is 19.5 Å². The van der Waals surface area contributed by atoms with Gasteiger partial charge in [-0.1, -0.05) is 109 Å². The Morgan fingerprint density at radius 2 is 1.47 bits per heavy atom. The zero-order chi connectivity index (χ0) is 23.0. The zero-order valence-electron chi connectivity index (χ0n) is 20.0. The van der Waals surface area contributed by atoms with E-state index in [4.69, 9.17) is 9.72 Å². The molecule has 3 nitrogen and oxygen atoms in total. The van der Waals surface area contributed by atoms with Crippen molar-refractivity contribution >= 4 is 24.0 Å². The minimum absolute atomic E-state index is 0.278. The molecule has 0 saturated heterocycles. The van der Waals surface area contributed by atoms with Gasteiger partial charge in [0.15, 0.2) is 0 Å². The normalized spacial score (nSPS) is 12.8. The number of aromatic nitrogens is 2. The first-order valence-corrected chi connectivity index (χ1v) is 16.5. The number of rotatable bonds is 12. The first-order chi connectivity index (χ1) is 15.4. The van der Waals surface area contributed by atoms with Gasteiger partial charge in [-0.05, 0) is 19.8 Å². The van der Waals surface area contributed by atoms with Crippen molar-refractivity contribution in [1.82, 2.24) is 9.55 Å². The molecule has 32 heavy (non-hydrogen) atoms. The second-order valence-electron chi connectivity index (χ2n) is 9.54. The van der Waals surface area contributed by atoms with Crippen LogP contribution in [0.4, 0.5) is 0 Å². The van der Waals surface area contributed by atoms with E-state index in [1.165, 1.54) is 24.8 Å². The molecule has 0 radical (unpaired) electrons. The zero-order valence-corrected chi connectivity index (χ0v) is 22.6. The maximum atomic E-state index is 6.47. The third-order valence-corrected chi connectivity index (χ3v) is 9.26.